The maximum atomic E-state index is 2.42. The SMILES string of the molecule is Cc1cc(I)c2sccc2c1I. The molecule has 0 amide bonds. The van der Waals surface area contributed by atoms with Gasteiger partial charge in [0.05, 0.1) is 0 Å². The lowest BCUT2D eigenvalue weighted by atomic mass is 10.2. The van der Waals surface area contributed by atoms with Gasteiger partial charge in [0, 0.05) is 17.2 Å². The number of benzene rings is 1. The van der Waals surface area contributed by atoms with Crippen molar-refractivity contribution in [1.82, 2.24) is 0 Å². The second-order valence-electron chi connectivity index (χ2n) is 2.65. The number of rotatable bonds is 0. The molecule has 1 aromatic heterocycles. The summed E-state index contributed by atoms with van der Waals surface area (Å²) in [6.07, 6.45) is 0. The highest BCUT2D eigenvalue weighted by atomic mass is 127. The molecule has 0 aliphatic rings. The van der Waals surface area contributed by atoms with Crippen LogP contribution in [0.3, 0.4) is 0 Å². The second kappa shape index (κ2) is 3.42. The Morgan fingerprint density at radius 1 is 1.33 bits per heavy atom. The lowest BCUT2D eigenvalue weighted by molar-refractivity contribution is 1.46. The van der Waals surface area contributed by atoms with Gasteiger partial charge in [-0.25, -0.2) is 0 Å². The van der Waals surface area contributed by atoms with Gasteiger partial charge < -0.3 is 0 Å². The van der Waals surface area contributed by atoms with E-state index in [-0.39, 0.29) is 0 Å². The van der Waals surface area contributed by atoms with E-state index >= 15 is 0 Å². The van der Waals surface area contributed by atoms with Gasteiger partial charge in [-0.05, 0) is 75.2 Å². The van der Waals surface area contributed by atoms with Gasteiger partial charge >= 0.3 is 0 Å². The number of hydrogen-bond acceptors (Lipinski definition) is 1. The minimum Gasteiger partial charge on any atom is -0.143 e. The fourth-order valence-electron chi connectivity index (χ4n) is 1.20. The van der Waals surface area contributed by atoms with Crippen molar-refractivity contribution in [1.29, 1.82) is 0 Å². The van der Waals surface area contributed by atoms with Gasteiger partial charge in [0.2, 0.25) is 0 Å². The van der Waals surface area contributed by atoms with Gasteiger partial charge in [0.25, 0.3) is 0 Å². The number of fused-ring (bicyclic) bond motifs is 1. The fraction of sp³-hybridized carbons (Fsp3) is 0.111. The molecule has 2 rings (SSSR count). The van der Waals surface area contributed by atoms with Gasteiger partial charge in [-0.2, -0.15) is 0 Å². The lowest BCUT2D eigenvalue weighted by Gasteiger charge is -2.01. The molecule has 0 radical (unpaired) electrons. The molecule has 0 spiro atoms. The Morgan fingerprint density at radius 3 is 2.83 bits per heavy atom. The Morgan fingerprint density at radius 2 is 2.08 bits per heavy atom. The molecule has 0 bridgehead atoms. The largest absolute Gasteiger partial charge is 0.143 e. The van der Waals surface area contributed by atoms with E-state index in [1.54, 1.807) is 0 Å². The van der Waals surface area contributed by atoms with Crippen LogP contribution in [0.2, 0.25) is 0 Å². The third-order valence-corrected chi connectivity index (χ3v) is 5.40. The zero-order valence-corrected chi connectivity index (χ0v) is 11.5. The minimum atomic E-state index is 1.37. The van der Waals surface area contributed by atoms with Crippen molar-refractivity contribution in [2.45, 2.75) is 6.92 Å². The van der Waals surface area contributed by atoms with Crippen LogP contribution in [0.5, 0.6) is 0 Å². The normalized spacial score (nSPS) is 10.9. The molecule has 0 aliphatic carbocycles. The molecule has 0 atom stereocenters. The molecular weight excluding hydrogens is 394 g/mol. The van der Waals surface area contributed by atoms with Crippen molar-refractivity contribution in [3.05, 3.63) is 30.2 Å². The number of hydrogen-bond donors (Lipinski definition) is 0. The molecule has 0 saturated heterocycles. The third-order valence-electron chi connectivity index (χ3n) is 1.81. The van der Waals surface area contributed by atoms with Crippen LogP contribution in [0.25, 0.3) is 10.1 Å². The van der Waals surface area contributed by atoms with Crippen LogP contribution < -0.4 is 0 Å². The highest BCUT2D eigenvalue weighted by Crippen LogP contribution is 2.31. The Bertz CT molecular complexity index is 431. The van der Waals surface area contributed by atoms with E-state index < -0.39 is 0 Å². The molecular formula is C9H6I2S. The van der Waals surface area contributed by atoms with Crippen LogP contribution in [-0.2, 0) is 0 Å². The molecule has 1 heterocycles. The van der Waals surface area contributed by atoms with Gasteiger partial charge in [-0.15, -0.1) is 11.3 Å². The van der Waals surface area contributed by atoms with Crippen LogP contribution in [0, 0.1) is 14.1 Å². The minimum absolute atomic E-state index is 1.37. The first-order chi connectivity index (χ1) is 5.70. The molecule has 0 unspecified atom stereocenters. The summed E-state index contributed by atoms with van der Waals surface area (Å²) in [7, 11) is 0. The predicted molar refractivity (Wildman–Crippen MR) is 72.0 cm³/mol. The van der Waals surface area contributed by atoms with Crippen LogP contribution >= 0.6 is 56.5 Å². The molecule has 0 N–H and O–H groups in total. The van der Waals surface area contributed by atoms with Crippen molar-refractivity contribution in [2.75, 3.05) is 0 Å². The highest BCUT2D eigenvalue weighted by Gasteiger charge is 2.06. The predicted octanol–water partition coefficient (Wildman–Crippen LogP) is 4.42. The van der Waals surface area contributed by atoms with Crippen molar-refractivity contribution < 1.29 is 0 Å². The quantitative estimate of drug-likeness (QED) is 0.575. The Kier molecular flexibility index (Phi) is 2.62. The number of halogens is 2. The van der Waals surface area contributed by atoms with E-state index in [0.717, 1.165) is 0 Å². The fourth-order valence-corrected chi connectivity index (χ4v) is 3.93. The summed E-state index contributed by atoms with van der Waals surface area (Å²) < 4.78 is 4.19. The molecule has 0 nitrogen and oxygen atoms in total. The van der Waals surface area contributed by atoms with Crippen molar-refractivity contribution in [3.8, 4) is 0 Å². The molecule has 3 heteroatoms. The summed E-state index contributed by atoms with van der Waals surface area (Å²) in [5.74, 6) is 0. The van der Waals surface area contributed by atoms with Gasteiger partial charge in [-0.1, -0.05) is 0 Å². The number of aryl methyl sites for hydroxylation is 1. The first-order valence-corrected chi connectivity index (χ1v) is 6.55. The zero-order valence-electron chi connectivity index (χ0n) is 6.40. The second-order valence-corrected chi connectivity index (χ2v) is 5.81. The maximum absolute atomic E-state index is 2.42. The monoisotopic (exact) mass is 400 g/mol. The lowest BCUT2D eigenvalue weighted by Crippen LogP contribution is -1.82. The summed E-state index contributed by atoms with van der Waals surface area (Å²) in [5, 5.41) is 3.57. The summed E-state index contributed by atoms with van der Waals surface area (Å²) in [6, 6.07) is 4.46. The van der Waals surface area contributed by atoms with Crippen LogP contribution in [0.4, 0.5) is 0 Å². The Balaban J connectivity index is 2.97. The standard InChI is InChI=1S/C9H6I2S/c1-5-4-7(10)9-6(8(5)11)2-3-12-9/h2-4H,1H3. The van der Waals surface area contributed by atoms with Crippen molar-refractivity contribution in [3.63, 3.8) is 0 Å². The molecule has 1 aromatic carbocycles. The van der Waals surface area contributed by atoms with Crippen molar-refractivity contribution >= 4 is 66.6 Å². The maximum Gasteiger partial charge on any atom is 0.0487 e. The van der Waals surface area contributed by atoms with Gasteiger partial charge in [-0.3, -0.25) is 0 Å². The molecule has 12 heavy (non-hydrogen) atoms. The number of thiophene rings is 1. The molecule has 0 saturated carbocycles. The molecule has 0 aliphatic heterocycles. The Hall–Kier alpha value is 0.640. The van der Waals surface area contributed by atoms with Gasteiger partial charge in [0.1, 0.15) is 0 Å². The van der Waals surface area contributed by atoms with E-state index in [2.05, 4.69) is 69.6 Å². The van der Waals surface area contributed by atoms with Crippen LogP contribution in [0.15, 0.2) is 17.5 Å². The van der Waals surface area contributed by atoms with Crippen molar-refractivity contribution in [2.24, 2.45) is 0 Å². The molecule has 62 valence electrons. The van der Waals surface area contributed by atoms with Crippen LogP contribution in [0.1, 0.15) is 5.56 Å². The summed E-state index contributed by atoms with van der Waals surface area (Å²) >= 11 is 6.65. The van der Waals surface area contributed by atoms with E-state index in [4.69, 9.17) is 0 Å². The summed E-state index contributed by atoms with van der Waals surface area (Å²) in [5.41, 5.74) is 1.38. The average Bonchev–Trinajstić information content (AvgIpc) is 2.48. The summed E-state index contributed by atoms with van der Waals surface area (Å²) in [6.45, 7) is 2.17. The van der Waals surface area contributed by atoms with E-state index in [1.165, 1.54) is 22.8 Å². The molecule has 2 aromatic rings. The first-order valence-electron chi connectivity index (χ1n) is 3.52. The van der Waals surface area contributed by atoms with E-state index in [0.29, 0.717) is 0 Å². The first kappa shape index (κ1) is 9.21. The third kappa shape index (κ3) is 1.39. The smallest absolute Gasteiger partial charge is 0.0487 e. The van der Waals surface area contributed by atoms with E-state index in [1.807, 2.05) is 11.3 Å². The summed E-state index contributed by atoms with van der Waals surface area (Å²) in [4.78, 5) is 0. The van der Waals surface area contributed by atoms with Crippen LogP contribution in [-0.4, -0.2) is 0 Å². The molecule has 0 fully saturated rings. The van der Waals surface area contributed by atoms with E-state index in [9.17, 15) is 0 Å². The van der Waals surface area contributed by atoms with Gasteiger partial charge in [0.15, 0.2) is 0 Å². The average molecular weight is 400 g/mol. The zero-order chi connectivity index (χ0) is 8.72. The topological polar surface area (TPSA) is 0 Å². The Labute approximate surface area is 103 Å². The highest BCUT2D eigenvalue weighted by molar-refractivity contribution is 14.1.